The van der Waals surface area contributed by atoms with Crippen molar-refractivity contribution in [3.05, 3.63) is 22.4 Å². The molecule has 2 unspecified atom stereocenters. The Hall–Kier alpha value is -0.380. The molecule has 1 aromatic heterocycles. The summed E-state index contributed by atoms with van der Waals surface area (Å²) >= 11 is 1.87. The van der Waals surface area contributed by atoms with Crippen molar-refractivity contribution >= 4 is 11.3 Å². The average molecular weight is 266 g/mol. The van der Waals surface area contributed by atoms with E-state index in [2.05, 4.69) is 48.6 Å². The molecule has 1 fully saturated rings. The largest absolute Gasteiger partial charge is 0.316 e. The van der Waals surface area contributed by atoms with Gasteiger partial charge in [0.25, 0.3) is 0 Å². The molecule has 0 spiro atoms. The zero-order valence-corrected chi connectivity index (χ0v) is 12.7. The van der Waals surface area contributed by atoms with Crippen molar-refractivity contribution in [1.82, 2.24) is 10.2 Å². The van der Waals surface area contributed by atoms with Crippen LogP contribution in [0.2, 0.25) is 0 Å². The molecular formula is C15H26N2S. The first-order chi connectivity index (χ1) is 8.59. The molecule has 0 radical (unpaired) electrons. The number of nitrogens with one attached hydrogen (secondary N) is 1. The highest BCUT2D eigenvalue weighted by atomic mass is 32.1. The maximum atomic E-state index is 3.54. The van der Waals surface area contributed by atoms with Gasteiger partial charge in [-0.25, -0.2) is 0 Å². The van der Waals surface area contributed by atoms with Gasteiger partial charge in [-0.15, -0.1) is 11.3 Å². The van der Waals surface area contributed by atoms with Crippen LogP contribution in [0.15, 0.2) is 17.5 Å². The molecule has 0 saturated carbocycles. The van der Waals surface area contributed by atoms with E-state index < -0.39 is 0 Å². The molecule has 3 heteroatoms. The fraction of sp³-hybridized carbons (Fsp3) is 0.733. The standard InChI is InChI=1S/C15H26N2S/c1-13(10-14-6-4-9-18-14)17(3)12-15(2)7-5-8-16-11-15/h4,6,9,13,16H,5,7-8,10-12H2,1-3H3. The van der Waals surface area contributed by atoms with E-state index in [1.807, 2.05) is 11.3 Å². The molecule has 2 rings (SSSR count). The van der Waals surface area contributed by atoms with Crippen molar-refractivity contribution in [3.8, 4) is 0 Å². The molecule has 1 aliphatic heterocycles. The number of likely N-dealkylation sites (N-methyl/N-ethyl adjacent to an activating group) is 1. The zero-order chi connectivity index (χ0) is 13.0. The summed E-state index contributed by atoms with van der Waals surface area (Å²) in [5, 5.41) is 5.72. The second kappa shape index (κ2) is 6.18. The summed E-state index contributed by atoms with van der Waals surface area (Å²) in [7, 11) is 2.28. The van der Waals surface area contributed by atoms with Crippen molar-refractivity contribution < 1.29 is 0 Å². The lowest BCUT2D eigenvalue weighted by atomic mass is 9.82. The lowest BCUT2D eigenvalue weighted by Crippen LogP contribution is -2.47. The van der Waals surface area contributed by atoms with Crippen LogP contribution in [0, 0.1) is 5.41 Å². The number of hydrogen-bond donors (Lipinski definition) is 1. The molecule has 2 atom stereocenters. The predicted molar refractivity (Wildman–Crippen MR) is 80.3 cm³/mol. The summed E-state index contributed by atoms with van der Waals surface area (Å²) in [6.45, 7) is 8.34. The van der Waals surface area contributed by atoms with E-state index in [9.17, 15) is 0 Å². The van der Waals surface area contributed by atoms with E-state index in [0.717, 1.165) is 0 Å². The van der Waals surface area contributed by atoms with Gasteiger partial charge in [-0.1, -0.05) is 13.0 Å². The van der Waals surface area contributed by atoms with Crippen molar-refractivity contribution in [2.45, 2.75) is 39.2 Å². The average Bonchev–Trinajstić information content (AvgIpc) is 2.82. The summed E-state index contributed by atoms with van der Waals surface area (Å²) in [6, 6.07) is 5.03. The number of piperidine rings is 1. The van der Waals surface area contributed by atoms with Gasteiger partial charge in [0, 0.05) is 24.0 Å². The Kier molecular flexibility index (Phi) is 4.82. The summed E-state index contributed by atoms with van der Waals surface area (Å²) in [5.74, 6) is 0. The molecule has 0 amide bonds. The lowest BCUT2D eigenvalue weighted by molar-refractivity contribution is 0.126. The molecule has 2 heterocycles. The topological polar surface area (TPSA) is 15.3 Å². The van der Waals surface area contributed by atoms with Crippen LogP contribution in [0.3, 0.4) is 0 Å². The molecule has 1 aromatic rings. The third-order valence-corrected chi connectivity index (χ3v) is 5.04. The van der Waals surface area contributed by atoms with E-state index in [1.54, 1.807) is 0 Å². The van der Waals surface area contributed by atoms with E-state index in [0.29, 0.717) is 11.5 Å². The minimum atomic E-state index is 0.455. The lowest BCUT2D eigenvalue weighted by Gasteiger charge is -2.39. The summed E-state index contributed by atoms with van der Waals surface area (Å²) < 4.78 is 0. The predicted octanol–water partition coefficient (Wildman–Crippen LogP) is 3.00. The van der Waals surface area contributed by atoms with Gasteiger partial charge >= 0.3 is 0 Å². The third-order valence-electron chi connectivity index (χ3n) is 4.15. The zero-order valence-electron chi connectivity index (χ0n) is 11.9. The Balaban J connectivity index is 1.84. The van der Waals surface area contributed by atoms with Crippen molar-refractivity contribution in [3.63, 3.8) is 0 Å². The highest BCUT2D eigenvalue weighted by molar-refractivity contribution is 7.09. The van der Waals surface area contributed by atoms with Gasteiger partial charge in [-0.2, -0.15) is 0 Å². The van der Waals surface area contributed by atoms with E-state index in [1.165, 1.54) is 43.8 Å². The second-order valence-electron chi connectivity index (χ2n) is 6.14. The molecule has 2 nitrogen and oxygen atoms in total. The van der Waals surface area contributed by atoms with Crippen LogP contribution in [-0.4, -0.2) is 37.6 Å². The van der Waals surface area contributed by atoms with Crippen LogP contribution >= 0.6 is 11.3 Å². The third kappa shape index (κ3) is 3.81. The first kappa shape index (κ1) is 14.0. The highest BCUT2D eigenvalue weighted by Crippen LogP contribution is 2.27. The van der Waals surface area contributed by atoms with Crippen LogP contribution in [0.1, 0.15) is 31.6 Å². The van der Waals surface area contributed by atoms with Gasteiger partial charge in [0.05, 0.1) is 0 Å². The van der Waals surface area contributed by atoms with Crippen LogP contribution in [0.25, 0.3) is 0 Å². The van der Waals surface area contributed by atoms with E-state index >= 15 is 0 Å². The van der Waals surface area contributed by atoms with Gasteiger partial charge < -0.3 is 10.2 Å². The van der Waals surface area contributed by atoms with Crippen LogP contribution in [0.5, 0.6) is 0 Å². The molecular weight excluding hydrogens is 240 g/mol. The van der Waals surface area contributed by atoms with E-state index in [-0.39, 0.29) is 0 Å². The minimum Gasteiger partial charge on any atom is -0.316 e. The van der Waals surface area contributed by atoms with Crippen LogP contribution < -0.4 is 5.32 Å². The Morgan fingerprint density at radius 2 is 2.39 bits per heavy atom. The molecule has 102 valence electrons. The Bertz CT molecular complexity index is 341. The monoisotopic (exact) mass is 266 g/mol. The van der Waals surface area contributed by atoms with Gasteiger partial charge in [0.1, 0.15) is 0 Å². The quantitative estimate of drug-likeness (QED) is 0.881. The van der Waals surface area contributed by atoms with Gasteiger partial charge in [-0.05, 0) is 56.6 Å². The van der Waals surface area contributed by atoms with Crippen molar-refractivity contribution in [2.75, 3.05) is 26.7 Å². The van der Waals surface area contributed by atoms with Gasteiger partial charge in [0.15, 0.2) is 0 Å². The fourth-order valence-electron chi connectivity index (χ4n) is 2.89. The molecule has 1 aliphatic rings. The van der Waals surface area contributed by atoms with E-state index in [4.69, 9.17) is 0 Å². The van der Waals surface area contributed by atoms with Crippen LogP contribution in [0.4, 0.5) is 0 Å². The molecule has 0 bridgehead atoms. The molecule has 18 heavy (non-hydrogen) atoms. The summed E-state index contributed by atoms with van der Waals surface area (Å²) in [5.41, 5.74) is 0.455. The highest BCUT2D eigenvalue weighted by Gasteiger charge is 2.29. The second-order valence-corrected chi connectivity index (χ2v) is 7.17. The fourth-order valence-corrected chi connectivity index (χ4v) is 3.71. The number of nitrogens with zero attached hydrogens (tertiary/aromatic N) is 1. The summed E-state index contributed by atoms with van der Waals surface area (Å²) in [4.78, 5) is 4.04. The smallest absolute Gasteiger partial charge is 0.0112 e. The first-order valence-corrected chi connectivity index (χ1v) is 7.90. The normalized spacial score (nSPS) is 26.4. The van der Waals surface area contributed by atoms with Gasteiger partial charge in [0.2, 0.25) is 0 Å². The molecule has 1 N–H and O–H groups in total. The SMILES string of the molecule is CC(Cc1cccs1)N(C)CC1(C)CCCNC1. The Morgan fingerprint density at radius 3 is 3.00 bits per heavy atom. The summed E-state index contributed by atoms with van der Waals surface area (Å²) in [6.07, 6.45) is 3.86. The minimum absolute atomic E-state index is 0.455. The number of thiophene rings is 1. The molecule has 0 aromatic carbocycles. The van der Waals surface area contributed by atoms with Gasteiger partial charge in [-0.3, -0.25) is 0 Å². The molecule has 1 saturated heterocycles. The maximum absolute atomic E-state index is 3.54. The van der Waals surface area contributed by atoms with Crippen LogP contribution in [-0.2, 0) is 6.42 Å². The Morgan fingerprint density at radius 1 is 1.56 bits per heavy atom. The van der Waals surface area contributed by atoms with Crippen molar-refractivity contribution in [2.24, 2.45) is 5.41 Å². The number of rotatable bonds is 5. The molecule has 0 aliphatic carbocycles. The maximum Gasteiger partial charge on any atom is 0.0112 e. The number of hydrogen-bond acceptors (Lipinski definition) is 3. The van der Waals surface area contributed by atoms with Crippen molar-refractivity contribution in [1.29, 1.82) is 0 Å². The Labute approximate surface area is 115 Å². The first-order valence-electron chi connectivity index (χ1n) is 7.02.